The number of thiazole rings is 1. The first kappa shape index (κ1) is 17.6. The predicted octanol–water partition coefficient (Wildman–Crippen LogP) is 4.01. The molecule has 6 nitrogen and oxygen atoms in total. The molecule has 138 valence electrons. The molecular formula is C20H21N5OS. The van der Waals surface area contributed by atoms with E-state index in [1.165, 1.54) is 23.8 Å². The topological polar surface area (TPSA) is 72.7 Å². The van der Waals surface area contributed by atoms with E-state index in [0.717, 1.165) is 52.5 Å². The number of carbonyl (C=O) groups excluding carboxylic acids is 1. The predicted molar refractivity (Wildman–Crippen MR) is 108 cm³/mol. The summed E-state index contributed by atoms with van der Waals surface area (Å²) in [4.78, 5) is 21.6. The van der Waals surface area contributed by atoms with Crippen LogP contribution in [-0.4, -0.2) is 25.7 Å². The van der Waals surface area contributed by atoms with Crippen molar-refractivity contribution in [2.75, 3.05) is 5.32 Å². The molecule has 1 aliphatic carbocycles. The molecule has 1 aliphatic rings. The minimum Gasteiger partial charge on any atom is -0.302 e. The summed E-state index contributed by atoms with van der Waals surface area (Å²) in [6.07, 6.45) is 6.56. The van der Waals surface area contributed by atoms with Gasteiger partial charge in [-0.1, -0.05) is 17.4 Å². The maximum absolute atomic E-state index is 11.4. The van der Waals surface area contributed by atoms with E-state index in [1.54, 1.807) is 0 Å². The van der Waals surface area contributed by atoms with E-state index in [2.05, 4.69) is 27.9 Å². The number of aryl methyl sites for hydroxylation is 2. The zero-order valence-corrected chi connectivity index (χ0v) is 16.3. The van der Waals surface area contributed by atoms with Crippen molar-refractivity contribution in [2.24, 2.45) is 0 Å². The van der Waals surface area contributed by atoms with Crippen LogP contribution in [0.5, 0.6) is 0 Å². The molecule has 0 aromatic carbocycles. The van der Waals surface area contributed by atoms with Crippen LogP contribution in [0.3, 0.4) is 0 Å². The molecule has 1 amide bonds. The standard InChI is InChI=1S/C20H21N5OS/c1-4-10-25-18-15(17(24-25)14-9-8-12(2)21-11-14)6-5-7-16-19(18)27-20(23-16)22-13(3)26/h4,8-9,11H,1,5-7,10H2,2-3H3,(H,22,23,26). The Bertz CT molecular complexity index is 1020. The van der Waals surface area contributed by atoms with Crippen molar-refractivity contribution in [3.63, 3.8) is 0 Å². The smallest absolute Gasteiger partial charge is 0.223 e. The van der Waals surface area contributed by atoms with Crippen molar-refractivity contribution in [2.45, 2.75) is 39.7 Å². The Morgan fingerprint density at radius 3 is 2.96 bits per heavy atom. The van der Waals surface area contributed by atoms with Crippen LogP contribution in [0.1, 0.15) is 30.3 Å². The fourth-order valence-corrected chi connectivity index (χ4v) is 4.56. The first-order valence-electron chi connectivity index (χ1n) is 8.98. The monoisotopic (exact) mass is 379 g/mol. The van der Waals surface area contributed by atoms with Gasteiger partial charge in [-0.2, -0.15) is 5.10 Å². The highest BCUT2D eigenvalue weighted by Gasteiger charge is 2.27. The van der Waals surface area contributed by atoms with Crippen LogP contribution in [0.15, 0.2) is 31.0 Å². The molecule has 0 atom stereocenters. The molecule has 0 unspecified atom stereocenters. The SMILES string of the molecule is C=CCn1nc(-c2ccc(C)nc2)c2c1-c1sc(NC(C)=O)nc1CCC2. The molecule has 3 aromatic rings. The van der Waals surface area contributed by atoms with Gasteiger partial charge in [-0.05, 0) is 38.3 Å². The Balaban J connectivity index is 1.90. The van der Waals surface area contributed by atoms with Crippen LogP contribution in [0, 0.1) is 6.92 Å². The van der Waals surface area contributed by atoms with E-state index < -0.39 is 0 Å². The lowest BCUT2D eigenvalue weighted by Gasteiger charge is -2.04. The first-order valence-corrected chi connectivity index (χ1v) is 9.79. The number of fused-ring (bicyclic) bond motifs is 3. The van der Waals surface area contributed by atoms with Gasteiger partial charge in [0.25, 0.3) is 0 Å². The average Bonchev–Trinajstić information content (AvgIpc) is 3.12. The maximum atomic E-state index is 11.4. The maximum Gasteiger partial charge on any atom is 0.223 e. The molecule has 3 heterocycles. The lowest BCUT2D eigenvalue weighted by Crippen LogP contribution is -2.05. The number of nitrogens with one attached hydrogen (secondary N) is 1. The Hall–Kier alpha value is -2.80. The van der Waals surface area contributed by atoms with Gasteiger partial charge in [0.1, 0.15) is 0 Å². The van der Waals surface area contributed by atoms with Crippen molar-refractivity contribution >= 4 is 22.4 Å². The third kappa shape index (κ3) is 3.30. The summed E-state index contributed by atoms with van der Waals surface area (Å²) in [5.41, 5.74) is 6.32. The second-order valence-corrected chi connectivity index (χ2v) is 7.66. The zero-order chi connectivity index (χ0) is 19.0. The second-order valence-electron chi connectivity index (χ2n) is 6.66. The third-order valence-electron chi connectivity index (χ3n) is 4.57. The van der Waals surface area contributed by atoms with E-state index in [-0.39, 0.29) is 5.91 Å². The van der Waals surface area contributed by atoms with Crippen LogP contribution < -0.4 is 5.32 Å². The van der Waals surface area contributed by atoms with Crippen molar-refractivity contribution in [1.82, 2.24) is 19.7 Å². The number of hydrogen-bond donors (Lipinski definition) is 1. The number of nitrogens with zero attached hydrogens (tertiary/aromatic N) is 4. The fraction of sp³-hybridized carbons (Fsp3) is 0.300. The molecule has 27 heavy (non-hydrogen) atoms. The second kappa shape index (κ2) is 7.08. The molecule has 0 bridgehead atoms. The van der Waals surface area contributed by atoms with Crippen LogP contribution in [0.2, 0.25) is 0 Å². The van der Waals surface area contributed by atoms with E-state index in [1.807, 2.05) is 29.9 Å². The molecule has 3 aromatic heterocycles. The molecule has 7 heteroatoms. The van der Waals surface area contributed by atoms with Gasteiger partial charge in [0.05, 0.1) is 28.5 Å². The van der Waals surface area contributed by atoms with Gasteiger partial charge in [0.2, 0.25) is 5.91 Å². The molecule has 0 saturated heterocycles. The minimum absolute atomic E-state index is 0.106. The summed E-state index contributed by atoms with van der Waals surface area (Å²) in [5.74, 6) is -0.106. The molecule has 4 rings (SSSR count). The normalized spacial score (nSPS) is 12.8. The minimum atomic E-state index is -0.106. The molecule has 0 radical (unpaired) electrons. The summed E-state index contributed by atoms with van der Waals surface area (Å²) >= 11 is 1.52. The quantitative estimate of drug-likeness (QED) is 0.695. The number of pyridine rings is 1. The van der Waals surface area contributed by atoms with Gasteiger partial charge < -0.3 is 5.32 Å². The van der Waals surface area contributed by atoms with Crippen LogP contribution in [-0.2, 0) is 24.2 Å². The fourth-order valence-electron chi connectivity index (χ4n) is 3.43. The van der Waals surface area contributed by atoms with Crippen molar-refractivity contribution in [3.8, 4) is 21.8 Å². The lowest BCUT2D eigenvalue weighted by atomic mass is 10.0. The number of amides is 1. The van der Waals surface area contributed by atoms with Gasteiger partial charge in [0, 0.05) is 29.9 Å². The Morgan fingerprint density at radius 2 is 2.26 bits per heavy atom. The lowest BCUT2D eigenvalue weighted by molar-refractivity contribution is -0.114. The van der Waals surface area contributed by atoms with E-state index >= 15 is 0 Å². The third-order valence-corrected chi connectivity index (χ3v) is 5.59. The largest absolute Gasteiger partial charge is 0.302 e. The highest BCUT2D eigenvalue weighted by atomic mass is 32.1. The van der Waals surface area contributed by atoms with Crippen LogP contribution >= 0.6 is 11.3 Å². The molecule has 1 N–H and O–H groups in total. The highest BCUT2D eigenvalue weighted by Crippen LogP contribution is 2.42. The van der Waals surface area contributed by atoms with Gasteiger partial charge in [-0.3, -0.25) is 14.5 Å². The number of anilines is 1. The Morgan fingerprint density at radius 1 is 1.41 bits per heavy atom. The molecule has 0 saturated carbocycles. The summed E-state index contributed by atoms with van der Waals surface area (Å²) in [6.45, 7) is 7.98. The Kier molecular flexibility index (Phi) is 4.61. The van der Waals surface area contributed by atoms with Crippen molar-refractivity contribution in [3.05, 3.63) is 47.9 Å². The van der Waals surface area contributed by atoms with E-state index in [0.29, 0.717) is 11.7 Å². The highest BCUT2D eigenvalue weighted by molar-refractivity contribution is 7.19. The molecular weight excluding hydrogens is 358 g/mol. The Labute approximate surface area is 162 Å². The van der Waals surface area contributed by atoms with Gasteiger partial charge >= 0.3 is 0 Å². The summed E-state index contributed by atoms with van der Waals surface area (Å²) < 4.78 is 2.00. The number of rotatable bonds is 4. The molecule has 0 spiro atoms. The first-order chi connectivity index (χ1) is 13.1. The molecule has 0 fully saturated rings. The van der Waals surface area contributed by atoms with E-state index in [4.69, 9.17) is 5.10 Å². The average molecular weight is 379 g/mol. The zero-order valence-electron chi connectivity index (χ0n) is 15.5. The van der Waals surface area contributed by atoms with Gasteiger partial charge in [0.15, 0.2) is 5.13 Å². The number of carbonyl (C=O) groups is 1. The summed E-state index contributed by atoms with van der Waals surface area (Å²) in [7, 11) is 0. The number of aromatic nitrogens is 4. The van der Waals surface area contributed by atoms with E-state index in [9.17, 15) is 4.79 Å². The van der Waals surface area contributed by atoms with Crippen molar-refractivity contribution in [1.29, 1.82) is 0 Å². The van der Waals surface area contributed by atoms with Crippen LogP contribution in [0.25, 0.3) is 21.8 Å². The molecule has 0 aliphatic heterocycles. The number of hydrogen-bond acceptors (Lipinski definition) is 5. The van der Waals surface area contributed by atoms with Gasteiger partial charge in [-0.15, -0.1) is 6.58 Å². The van der Waals surface area contributed by atoms with Gasteiger partial charge in [-0.25, -0.2) is 4.98 Å². The van der Waals surface area contributed by atoms with Crippen molar-refractivity contribution < 1.29 is 4.79 Å². The van der Waals surface area contributed by atoms with Crippen LogP contribution in [0.4, 0.5) is 5.13 Å². The summed E-state index contributed by atoms with van der Waals surface area (Å²) in [5, 5.41) is 8.35. The number of allylic oxidation sites excluding steroid dienone is 1. The summed E-state index contributed by atoms with van der Waals surface area (Å²) in [6, 6.07) is 4.09.